The van der Waals surface area contributed by atoms with Gasteiger partial charge in [0.2, 0.25) is 0 Å². The van der Waals surface area contributed by atoms with Crippen molar-refractivity contribution in [1.29, 1.82) is 0 Å². The maximum absolute atomic E-state index is 10.8. The molecule has 5 nitrogen and oxygen atoms in total. The van der Waals surface area contributed by atoms with Gasteiger partial charge in [0.15, 0.2) is 0 Å². The van der Waals surface area contributed by atoms with Crippen LogP contribution in [0.3, 0.4) is 0 Å². The molecule has 1 saturated heterocycles. The van der Waals surface area contributed by atoms with Crippen LogP contribution in [0.2, 0.25) is 0 Å². The summed E-state index contributed by atoms with van der Waals surface area (Å²) in [4.78, 5) is 2.47. The average Bonchev–Trinajstić information content (AvgIpc) is 2.88. The average molecular weight is 474 g/mol. The number of ether oxygens (including phenoxy) is 1. The van der Waals surface area contributed by atoms with Gasteiger partial charge in [-0.05, 0) is 97.6 Å². The highest BCUT2D eigenvalue weighted by Crippen LogP contribution is 2.42. The summed E-state index contributed by atoms with van der Waals surface area (Å²) in [6.45, 7) is 4.02. The minimum absolute atomic E-state index is 0.148. The predicted molar refractivity (Wildman–Crippen MR) is 138 cm³/mol. The van der Waals surface area contributed by atoms with Crippen LogP contribution in [0.25, 0.3) is 0 Å². The second-order valence-electron chi connectivity index (χ2n) is 9.95. The molecule has 0 amide bonds. The molecule has 5 rings (SSSR count). The van der Waals surface area contributed by atoms with Crippen molar-refractivity contribution < 1.29 is 20.1 Å². The fourth-order valence-electron chi connectivity index (χ4n) is 5.60. The number of aromatic hydroxyl groups is 3. The molecular weight excluding hydrogens is 438 g/mol. The molecule has 3 aromatic carbocycles. The van der Waals surface area contributed by atoms with Crippen LogP contribution in [-0.4, -0.2) is 46.5 Å². The molecule has 1 unspecified atom stereocenters. The number of piperidine rings is 1. The fourth-order valence-corrected chi connectivity index (χ4v) is 5.60. The molecule has 1 atom stereocenters. The number of hydrogen-bond donors (Lipinski definition) is 3. The van der Waals surface area contributed by atoms with Crippen LogP contribution in [0.5, 0.6) is 23.0 Å². The minimum atomic E-state index is 0.148. The smallest absolute Gasteiger partial charge is 0.123 e. The Hall–Kier alpha value is -3.18. The molecule has 1 aliphatic heterocycles. The van der Waals surface area contributed by atoms with E-state index in [2.05, 4.69) is 17.0 Å². The molecule has 1 heterocycles. The zero-order valence-electron chi connectivity index (χ0n) is 20.2. The Morgan fingerprint density at radius 1 is 0.829 bits per heavy atom. The second-order valence-corrected chi connectivity index (χ2v) is 9.95. The summed E-state index contributed by atoms with van der Waals surface area (Å²) in [5.74, 6) is 1.76. The summed E-state index contributed by atoms with van der Waals surface area (Å²) in [7, 11) is 0. The van der Waals surface area contributed by atoms with E-state index in [-0.39, 0.29) is 17.2 Å². The van der Waals surface area contributed by atoms with Crippen molar-refractivity contribution in [2.45, 2.75) is 50.9 Å². The lowest BCUT2D eigenvalue weighted by atomic mass is 9.77. The Balaban J connectivity index is 1.28. The largest absolute Gasteiger partial charge is 0.508 e. The predicted octanol–water partition coefficient (Wildman–Crippen LogP) is 5.53. The van der Waals surface area contributed by atoms with Gasteiger partial charge in [0.1, 0.15) is 29.6 Å². The van der Waals surface area contributed by atoms with E-state index in [1.54, 1.807) is 12.1 Å². The molecule has 0 aromatic heterocycles. The number of phenolic OH excluding ortho intramolecular Hbond substituents is 3. The van der Waals surface area contributed by atoms with Gasteiger partial charge in [-0.3, -0.25) is 4.90 Å². The van der Waals surface area contributed by atoms with Crippen LogP contribution in [0.1, 0.15) is 59.4 Å². The molecule has 0 bridgehead atoms. The lowest BCUT2D eigenvalue weighted by molar-refractivity contribution is 0.183. The highest BCUT2D eigenvalue weighted by Gasteiger charge is 2.26. The highest BCUT2D eigenvalue weighted by molar-refractivity contribution is 5.55. The Kier molecular flexibility index (Phi) is 7.14. The Labute approximate surface area is 207 Å². The van der Waals surface area contributed by atoms with Crippen molar-refractivity contribution in [3.8, 4) is 23.0 Å². The van der Waals surface area contributed by atoms with Gasteiger partial charge in [0.05, 0.1) is 0 Å². The standard InChI is InChI=1S/C30H35NO4/c32-24-9-6-22(7-10-24)23-8-13-26-27(19-23)28(30(34)20-29(26)33)18-21-4-11-25(12-5-21)35-17-16-31-14-2-1-3-15-31/h4-7,9-12,20,23,32-34H,1-3,8,13-19H2. The molecule has 2 aliphatic rings. The molecule has 184 valence electrons. The maximum Gasteiger partial charge on any atom is 0.123 e. The number of hydrogen-bond acceptors (Lipinski definition) is 5. The Morgan fingerprint density at radius 3 is 2.31 bits per heavy atom. The zero-order valence-corrected chi connectivity index (χ0v) is 20.2. The first-order valence-electron chi connectivity index (χ1n) is 12.9. The van der Waals surface area contributed by atoms with E-state index in [1.807, 2.05) is 24.3 Å². The van der Waals surface area contributed by atoms with Crippen molar-refractivity contribution in [3.05, 3.63) is 82.4 Å². The van der Waals surface area contributed by atoms with E-state index >= 15 is 0 Å². The van der Waals surface area contributed by atoms with Crippen molar-refractivity contribution in [3.63, 3.8) is 0 Å². The second kappa shape index (κ2) is 10.6. The van der Waals surface area contributed by atoms with E-state index < -0.39 is 0 Å². The molecule has 0 saturated carbocycles. The number of likely N-dealkylation sites (tertiary alicyclic amines) is 1. The third-order valence-electron chi connectivity index (χ3n) is 7.61. The summed E-state index contributed by atoms with van der Waals surface area (Å²) in [5, 5.41) is 30.9. The van der Waals surface area contributed by atoms with Gasteiger partial charge < -0.3 is 20.1 Å². The van der Waals surface area contributed by atoms with Gasteiger partial charge in [-0.15, -0.1) is 0 Å². The lowest BCUT2D eigenvalue weighted by Gasteiger charge is -2.28. The monoisotopic (exact) mass is 473 g/mol. The molecule has 3 aromatic rings. The van der Waals surface area contributed by atoms with Crippen LogP contribution in [-0.2, 0) is 19.3 Å². The van der Waals surface area contributed by atoms with E-state index in [0.717, 1.165) is 53.8 Å². The number of phenols is 3. The number of rotatable bonds is 7. The van der Waals surface area contributed by atoms with Crippen molar-refractivity contribution in [2.24, 2.45) is 0 Å². The Morgan fingerprint density at radius 2 is 1.57 bits per heavy atom. The van der Waals surface area contributed by atoms with Crippen LogP contribution in [0.4, 0.5) is 0 Å². The van der Waals surface area contributed by atoms with Gasteiger partial charge in [0, 0.05) is 24.6 Å². The van der Waals surface area contributed by atoms with E-state index in [0.29, 0.717) is 18.9 Å². The normalized spacial score (nSPS) is 18.2. The lowest BCUT2D eigenvalue weighted by Crippen LogP contribution is -2.33. The molecule has 0 spiro atoms. The summed E-state index contributed by atoms with van der Waals surface area (Å²) >= 11 is 0. The van der Waals surface area contributed by atoms with Crippen molar-refractivity contribution in [1.82, 2.24) is 4.90 Å². The summed E-state index contributed by atoms with van der Waals surface area (Å²) in [5.41, 5.74) is 5.16. The molecule has 35 heavy (non-hydrogen) atoms. The van der Waals surface area contributed by atoms with Crippen molar-refractivity contribution in [2.75, 3.05) is 26.2 Å². The summed E-state index contributed by atoms with van der Waals surface area (Å²) < 4.78 is 5.97. The number of fused-ring (bicyclic) bond motifs is 1. The topological polar surface area (TPSA) is 73.2 Å². The molecule has 0 radical (unpaired) electrons. The third-order valence-corrected chi connectivity index (χ3v) is 7.61. The van der Waals surface area contributed by atoms with Crippen LogP contribution in [0, 0.1) is 0 Å². The van der Waals surface area contributed by atoms with Gasteiger partial charge in [-0.1, -0.05) is 30.7 Å². The van der Waals surface area contributed by atoms with E-state index in [4.69, 9.17) is 4.74 Å². The quantitative estimate of drug-likeness (QED) is 0.421. The van der Waals surface area contributed by atoms with E-state index in [9.17, 15) is 15.3 Å². The minimum Gasteiger partial charge on any atom is -0.508 e. The molecule has 1 fully saturated rings. The number of nitrogens with zero attached hydrogens (tertiary/aromatic N) is 1. The summed E-state index contributed by atoms with van der Waals surface area (Å²) in [6, 6.07) is 17.0. The van der Waals surface area contributed by atoms with Crippen LogP contribution < -0.4 is 4.74 Å². The first-order valence-corrected chi connectivity index (χ1v) is 12.9. The van der Waals surface area contributed by atoms with E-state index in [1.165, 1.54) is 44.0 Å². The maximum atomic E-state index is 10.8. The first kappa shape index (κ1) is 23.6. The van der Waals surface area contributed by atoms with Gasteiger partial charge in [0.25, 0.3) is 0 Å². The molecular formula is C30H35NO4. The van der Waals surface area contributed by atoms with Crippen LogP contribution in [0.15, 0.2) is 54.6 Å². The first-order chi connectivity index (χ1) is 17.1. The van der Waals surface area contributed by atoms with Crippen LogP contribution >= 0.6 is 0 Å². The highest BCUT2D eigenvalue weighted by atomic mass is 16.5. The fraction of sp³-hybridized carbons (Fsp3) is 0.400. The van der Waals surface area contributed by atoms with Gasteiger partial charge >= 0.3 is 0 Å². The van der Waals surface area contributed by atoms with Gasteiger partial charge in [-0.2, -0.15) is 0 Å². The number of benzene rings is 3. The molecule has 3 N–H and O–H groups in total. The Bertz CT molecular complexity index is 1130. The zero-order chi connectivity index (χ0) is 24.2. The van der Waals surface area contributed by atoms with Gasteiger partial charge in [-0.25, -0.2) is 0 Å². The third kappa shape index (κ3) is 5.57. The molecule has 5 heteroatoms. The molecule has 1 aliphatic carbocycles. The summed E-state index contributed by atoms with van der Waals surface area (Å²) in [6.07, 6.45) is 6.98. The SMILES string of the molecule is Oc1ccc(C2CCc3c(O)cc(O)c(Cc4ccc(OCCN5CCCCC5)cc4)c3C2)cc1. The van der Waals surface area contributed by atoms with Crippen molar-refractivity contribution >= 4 is 0 Å².